The molecular weight excluding hydrogens is 740 g/mol. The highest BCUT2D eigenvalue weighted by Gasteiger charge is 2.17. The minimum Gasteiger partial charge on any atom is -0.478 e. The molecular formula is C36H24N14O7. The van der Waals surface area contributed by atoms with Gasteiger partial charge in [-0.25, -0.2) is 24.1 Å². The van der Waals surface area contributed by atoms with Gasteiger partial charge in [0.25, 0.3) is 5.91 Å². The number of nitrogens with one attached hydrogen (secondary N) is 1. The van der Waals surface area contributed by atoms with Gasteiger partial charge < -0.3 is 21.4 Å². The lowest BCUT2D eigenvalue weighted by molar-refractivity contribution is -0.191. The van der Waals surface area contributed by atoms with Gasteiger partial charge in [-0.3, -0.25) is 9.79 Å². The van der Waals surface area contributed by atoms with Crippen LogP contribution in [0, 0.1) is 29.2 Å². The molecule has 0 spiro atoms. The normalized spacial score (nSPS) is 10.0. The summed E-state index contributed by atoms with van der Waals surface area (Å²) >= 11 is 0. The van der Waals surface area contributed by atoms with Crippen LogP contribution in [0.15, 0.2) is 94.2 Å². The number of carbonyl (C=O) groups is 3. The summed E-state index contributed by atoms with van der Waals surface area (Å²) in [5.74, 6) is 2.88. The van der Waals surface area contributed by atoms with Crippen LogP contribution in [-0.4, -0.2) is 72.7 Å². The molecule has 3 aromatic carbocycles. The molecule has 0 bridgehead atoms. The molecule has 0 saturated carbocycles. The predicted molar refractivity (Wildman–Crippen MR) is 198 cm³/mol. The van der Waals surface area contributed by atoms with Crippen molar-refractivity contribution in [3.63, 3.8) is 0 Å². The maximum atomic E-state index is 12.7. The quantitative estimate of drug-likeness (QED) is 0.0280. The van der Waals surface area contributed by atoms with E-state index >= 15 is 0 Å². The van der Waals surface area contributed by atoms with Gasteiger partial charge in [-0.1, -0.05) is 28.5 Å². The fourth-order valence-electron chi connectivity index (χ4n) is 4.52. The van der Waals surface area contributed by atoms with Gasteiger partial charge in [0.1, 0.15) is 23.5 Å². The Morgan fingerprint density at radius 3 is 2.23 bits per heavy atom. The lowest BCUT2D eigenvalue weighted by Gasteiger charge is -2.08. The van der Waals surface area contributed by atoms with Crippen molar-refractivity contribution < 1.29 is 34.2 Å². The summed E-state index contributed by atoms with van der Waals surface area (Å²) in [7, 11) is 0. The summed E-state index contributed by atoms with van der Waals surface area (Å²) in [6, 6.07) is 21.2. The van der Waals surface area contributed by atoms with Crippen molar-refractivity contribution in [1.29, 1.82) is 10.5 Å². The van der Waals surface area contributed by atoms with Crippen LogP contribution in [0.4, 0.5) is 17.1 Å². The number of aromatic carboxylic acids is 2. The molecule has 0 saturated heterocycles. The topological polar surface area (TPSA) is 333 Å². The van der Waals surface area contributed by atoms with Gasteiger partial charge in [0.2, 0.25) is 0 Å². The lowest BCUT2D eigenvalue weighted by Crippen LogP contribution is -2.23. The third kappa shape index (κ3) is 11.3. The highest BCUT2D eigenvalue weighted by molar-refractivity contribution is 6.38. The zero-order chi connectivity index (χ0) is 41.9. The molecule has 5 aromatic rings. The molecule has 0 unspecified atom stereocenters. The molecule has 0 aliphatic heterocycles. The SMILES string of the molecule is N#Cc1cc(N=[N+]=[N-])ccc1C(=O)O.O=C=O.[C-]#[N+]c1cccc(N=CC(=NN)c2cc(C(=O)NCC)cc(-c3cn(-c4ccc(C(=O)O)c(C#N)c4)nn3)n2)c1. The van der Waals surface area contributed by atoms with Crippen molar-refractivity contribution in [3.05, 3.63) is 134 Å². The third-order valence-corrected chi connectivity index (χ3v) is 7.01. The van der Waals surface area contributed by atoms with Crippen LogP contribution in [0.5, 0.6) is 0 Å². The van der Waals surface area contributed by atoms with E-state index in [1.54, 1.807) is 37.3 Å². The molecule has 5 rings (SSSR count). The Kier molecular flexibility index (Phi) is 15.2. The number of nitrogens with two attached hydrogens (primary N) is 1. The molecule has 0 atom stereocenters. The largest absolute Gasteiger partial charge is 0.478 e. The fourth-order valence-corrected chi connectivity index (χ4v) is 4.52. The van der Waals surface area contributed by atoms with Crippen LogP contribution in [0.3, 0.4) is 0 Å². The van der Waals surface area contributed by atoms with Gasteiger partial charge in [0.05, 0.1) is 64.0 Å². The number of hydrogen-bond acceptors (Lipinski definition) is 14. The third-order valence-electron chi connectivity index (χ3n) is 7.01. The number of aromatic nitrogens is 4. The monoisotopic (exact) mass is 764 g/mol. The van der Waals surface area contributed by atoms with Crippen LogP contribution in [0.1, 0.15) is 54.8 Å². The molecule has 21 heteroatoms. The fraction of sp³-hybridized carbons (Fsp3) is 0.0556. The number of rotatable bonds is 10. The smallest absolute Gasteiger partial charge is 0.373 e. The number of benzene rings is 3. The molecule has 0 aliphatic carbocycles. The standard InChI is InChI=1S/C27H20N10O3.C8H4N4O2.CO2/c1-3-31-26(38)16-10-22(24(34-29)14-32-19-6-4-5-18(12-19)30-2)33-23(11-16)25-15-37(36-35-25)20-7-8-21(27(39)40)17(9-20)13-28;9-4-5-3-6(11-12-10)1-2-7(5)8(13)14;2-1-3/h4-12,14-15H,3,29H2,1H3,(H,31,38)(H,39,40);1-3H,(H,13,14);. The van der Waals surface area contributed by atoms with Crippen LogP contribution in [-0.2, 0) is 9.59 Å². The zero-order valence-corrected chi connectivity index (χ0v) is 29.2. The molecule has 57 heavy (non-hydrogen) atoms. The highest BCUT2D eigenvalue weighted by atomic mass is 16.4. The molecule has 280 valence electrons. The first-order valence-corrected chi connectivity index (χ1v) is 15.6. The molecule has 0 aliphatic rings. The number of pyridine rings is 1. The van der Waals surface area contributed by atoms with Crippen molar-refractivity contribution in [2.24, 2.45) is 21.1 Å². The number of hydrazone groups is 1. The van der Waals surface area contributed by atoms with Crippen LogP contribution in [0.2, 0.25) is 0 Å². The molecule has 0 fully saturated rings. The van der Waals surface area contributed by atoms with Crippen molar-refractivity contribution in [2.75, 3.05) is 6.54 Å². The molecule has 1 amide bonds. The van der Waals surface area contributed by atoms with Gasteiger partial charge in [-0.15, -0.1) is 5.10 Å². The summed E-state index contributed by atoms with van der Waals surface area (Å²) in [6.07, 6.45) is 3.15. The highest BCUT2D eigenvalue weighted by Crippen LogP contribution is 2.23. The summed E-state index contributed by atoms with van der Waals surface area (Å²) in [6.45, 7) is 9.35. The van der Waals surface area contributed by atoms with Crippen molar-refractivity contribution in [3.8, 4) is 29.2 Å². The second kappa shape index (κ2) is 20.6. The Bertz CT molecular complexity index is 2620. The number of carbonyl (C=O) groups excluding carboxylic acids is 3. The molecule has 2 aromatic heterocycles. The van der Waals surface area contributed by atoms with E-state index in [0.717, 1.165) is 0 Å². The summed E-state index contributed by atoms with van der Waals surface area (Å²) in [4.78, 5) is 65.7. The number of carboxylic acids is 2. The minimum atomic E-state index is -1.22. The van der Waals surface area contributed by atoms with Gasteiger partial charge >= 0.3 is 18.1 Å². The molecule has 2 heterocycles. The number of nitriles is 2. The van der Waals surface area contributed by atoms with E-state index in [1.165, 1.54) is 65.6 Å². The van der Waals surface area contributed by atoms with E-state index in [9.17, 15) is 24.8 Å². The Balaban J connectivity index is 0.000000427. The van der Waals surface area contributed by atoms with E-state index in [1.807, 2.05) is 6.07 Å². The van der Waals surface area contributed by atoms with E-state index in [4.69, 9.17) is 37.9 Å². The average Bonchev–Trinajstić information content (AvgIpc) is 3.72. The Hall–Kier alpha value is -9.34. The van der Waals surface area contributed by atoms with Gasteiger partial charge in [0, 0.05) is 22.7 Å². The Morgan fingerprint density at radius 1 is 0.965 bits per heavy atom. The second-order valence-corrected chi connectivity index (χ2v) is 10.5. The van der Waals surface area contributed by atoms with Crippen molar-refractivity contribution in [2.45, 2.75) is 6.92 Å². The van der Waals surface area contributed by atoms with Gasteiger partial charge in [-0.05, 0) is 67.1 Å². The van der Waals surface area contributed by atoms with E-state index < -0.39 is 11.9 Å². The van der Waals surface area contributed by atoms with Gasteiger partial charge in [0.15, 0.2) is 5.69 Å². The summed E-state index contributed by atoms with van der Waals surface area (Å²) in [5, 5.41) is 53.9. The van der Waals surface area contributed by atoms with Crippen LogP contribution < -0.4 is 11.2 Å². The lowest BCUT2D eigenvalue weighted by atomic mass is 10.1. The van der Waals surface area contributed by atoms with E-state index in [0.29, 0.717) is 23.6 Å². The zero-order valence-electron chi connectivity index (χ0n) is 29.2. The van der Waals surface area contributed by atoms with Crippen molar-refractivity contribution in [1.82, 2.24) is 25.3 Å². The van der Waals surface area contributed by atoms with Crippen LogP contribution in [0.25, 0.3) is 32.4 Å². The number of carboxylic acid groups (broad SMARTS) is 2. The molecule has 5 N–H and O–H groups in total. The number of amides is 1. The van der Waals surface area contributed by atoms with E-state index in [2.05, 4.69) is 45.6 Å². The Morgan fingerprint density at radius 2 is 1.63 bits per heavy atom. The Labute approximate surface area is 320 Å². The average molecular weight is 765 g/mol. The number of hydrogen-bond donors (Lipinski definition) is 4. The first-order valence-electron chi connectivity index (χ1n) is 15.6. The minimum absolute atomic E-state index is 0.0256. The maximum absolute atomic E-state index is 12.7. The first kappa shape index (κ1) is 42.1. The van der Waals surface area contributed by atoms with Gasteiger partial charge in [-0.2, -0.15) is 25.2 Å². The first-order chi connectivity index (χ1) is 27.5. The second-order valence-electron chi connectivity index (χ2n) is 10.5. The summed E-state index contributed by atoms with van der Waals surface area (Å²) in [5.41, 5.74) is 10.6. The number of azide groups is 1. The molecule has 0 radical (unpaired) electrons. The summed E-state index contributed by atoms with van der Waals surface area (Å²) < 4.78 is 1.35. The van der Waals surface area contributed by atoms with E-state index in [-0.39, 0.29) is 68.4 Å². The van der Waals surface area contributed by atoms with Crippen LogP contribution >= 0.6 is 0 Å². The molecule has 21 nitrogen and oxygen atoms in total. The number of aliphatic imine (C=N–C) groups is 1. The van der Waals surface area contributed by atoms with Crippen molar-refractivity contribution >= 4 is 53.0 Å². The maximum Gasteiger partial charge on any atom is 0.373 e. The number of nitrogens with zero attached hydrogens (tertiary/aromatic N) is 12. The predicted octanol–water partition coefficient (Wildman–Crippen LogP) is 4.88.